The Kier molecular flexibility index (Phi) is 7.61. The number of hydrogen-bond acceptors (Lipinski definition) is 3. The van der Waals surface area contributed by atoms with Gasteiger partial charge in [-0.3, -0.25) is 15.1 Å². The number of imide groups is 1. The fraction of sp³-hybridized carbons (Fsp3) is 0.850. The molecule has 1 saturated carbocycles. The highest BCUT2D eigenvalue weighted by Gasteiger charge is 2.48. The molecule has 2 heterocycles. The SMILES string of the molecule is CN=C(NCC(C)(C)C1CCCC1)N1CCC(C2(C)NC(=O)NC2=O)CC1.I. The Morgan fingerprint density at radius 3 is 2.32 bits per heavy atom. The molecular formula is C20H36IN5O2. The van der Waals surface area contributed by atoms with Gasteiger partial charge in [0.25, 0.3) is 5.91 Å². The molecule has 0 aromatic carbocycles. The quantitative estimate of drug-likeness (QED) is 0.238. The van der Waals surface area contributed by atoms with Gasteiger partial charge >= 0.3 is 6.03 Å². The van der Waals surface area contributed by atoms with E-state index in [1.165, 1.54) is 25.7 Å². The molecule has 3 aliphatic rings. The summed E-state index contributed by atoms with van der Waals surface area (Å²) in [5.41, 5.74) is -0.519. The summed E-state index contributed by atoms with van der Waals surface area (Å²) < 4.78 is 0. The molecule has 1 atom stereocenters. The van der Waals surface area contributed by atoms with Crippen molar-refractivity contribution in [2.24, 2.45) is 22.2 Å². The number of nitrogens with zero attached hydrogens (tertiary/aromatic N) is 2. The highest BCUT2D eigenvalue weighted by atomic mass is 127. The van der Waals surface area contributed by atoms with E-state index in [1.54, 1.807) is 0 Å². The van der Waals surface area contributed by atoms with Gasteiger partial charge in [-0.1, -0.05) is 26.7 Å². The number of likely N-dealkylation sites (tertiary alicyclic amines) is 1. The van der Waals surface area contributed by atoms with Crippen LogP contribution >= 0.6 is 24.0 Å². The van der Waals surface area contributed by atoms with Crippen molar-refractivity contribution in [2.45, 2.75) is 64.8 Å². The van der Waals surface area contributed by atoms with Gasteiger partial charge in [-0.2, -0.15) is 0 Å². The summed E-state index contributed by atoms with van der Waals surface area (Å²) in [4.78, 5) is 30.5. The van der Waals surface area contributed by atoms with Gasteiger partial charge in [0, 0.05) is 26.7 Å². The maximum absolute atomic E-state index is 12.2. The maximum Gasteiger partial charge on any atom is 0.322 e. The van der Waals surface area contributed by atoms with Crippen molar-refractivity contribution in [2.75, 3.05) is 26.7 Å². The summed E-state index contributed by atoms with van der Waals surface area (Å²) in [5.74, 6) is 1.68. The number of aliphatic imine (C=N–C) groups is 1. The smallest absolute Gasteiger partial charge is 0.322 e. The van der Waals surface area contributed by atoms with Crippen molar-refractivity contribution in [3.63, 3.8) is 0 Å². The first kappa shape index (κ1) is 23.2. The van der Waals surface area contributed by atoms with Gasteiger partial charge in [0.05, 0.1) is 0 Å². The summed E-state index contributed by atoms with van der Waals surface area (Å²) in [6.45, 7) is 9.17. The van der Waals surface area contributed by atoms with Crippen LogP contribution in [0.15, 0.2) is 4.99 Å². The Labute approximate surface area is 185 Å². The van der Waals surface area contributed by atoms with Gasteiger partial charge in [0.15, 0.2) is 5.96 Å². The van der Waals surface area contributed by atoms with Crippen LogP contribution in [0.5, 0.6) is 0 Å². The molecule has 0 spiro atoms. The highest BCUT2D eigenvalue weighted by Crippen LogP contribution is 2.39. The minimum Gasteiger partial charge on any atom is -0.356 e. The number of carbonyl (C=O) groups excluding carboxylic acids is 2. The number of rotatable bonds is 4. The second-order valence-electron chi connectivity index (χ2n) is 9.24. The van der Waals surface area contributed by atoms with Gasteiger partial charge < -0.3 is 15.5 Å². The first-order valence-corrected chi connectivity index (χ1v) is 10.4. The van der Waals surface area contributed by atoms with Crippen molar-refractivity contribution in [3.05, 3.63) is 0 Å². The van der Waals surface area contributed by atoms with Crippen LogP contribution in [0.2, 0.25) is 0 Å². The molecule has 0 aromatic rings. The number of carbonyl (C=O) groups is 2. The van der Waals surface area contributed by atoms with Crippen LogP contribution in [0.4, 0.5) is 4.79 Å². The first-order valence-electron chi connectivity index (χ1n) is 10.4. The molecule has 2 aliphatic heterocycles. The van der Waals surface area contributed by atoms with E-state index >= 15 is 0 Å². The second kappa shape index (κ2) is 9.17. The van der Waals surface area contributed by atoms with E-state index in [0.29, 0.717) is 0 Å². The molecule has 160 valence electrons. The second-order valence-corrected chi connectivity index (χ2v) is 9.24. The lowest BCUT2D eigenvalue weighted by molar-refractivity contribution is -0.125. The van der Waals surface area contributed by atoms with Crippen molar-refractivity contribution in [3.8, 4) is 0 Å². The average molecular weight is 505 g/mol. The predicted molar refractivity (Wildman–Crippen MR) is 122 cm³/mol. The highest BCUT2D eigenvalue weighted by molar-refractivity contribution is 14.0. The molecule has 8 heteroatoms. The van der Waals surface area contributed by atoms with Gasteiger partial charge in [-0.15, -0.1) is 24.0 Å². The van der Waals surface area contributed by atoms with E-state index in [4.69, 9.17) is 0 Å². The minimum absolute atomic E-state index is 0. The van der Waals surface area contributed by atoms with Gasteiger partial charge in [0.2, 0.25) is 0 Å². The summed E-state index contributed by atoms with van der Waals surface area (Å²) in [6, 6.07) is -0.378. The zero-order valence-corrected chi connectivity index (χ0v) is 20.0. The van der Waals surface area contributed by atoms with E-state index < -0.39 is 5.54 Å². The van der Waals surface area contributed by atoms with Gasteiger partial charge in [-0.05, 0) is 49.9 Å². The number of amides is 3. The summed E-state index contributed by atoms with van der Waals surface area (Å²) >= 11 is 0. The molecule has 7 nitrogen and oxygen atoms in total. The van der Waals surface area contributed by atoms with E-state index in [-0.39, 0.29) is 47.2 Å². The molecule has 0 bridgehead atoms. The minimum atomic E-state index is -0.787. The zero-order valence-electron chi connectivity index (χ0n) is 17.6. The van der Waals surface area contributed by atoms with Crippen molar-refractivity contribution in [1.29, 1.82) is 0 Å². The molecule has 2 saturated heterocycles. The van der Waals surface area contributed by atoms with E-state index in [2.05, 4.69) is 39.7 Å². The van der Waals surface area contributed by atoms with Crippen LogP contribution < -0.4 is 16.0 Å². The number of piperidine rings is 1. The molecule has 3 rings (SSSR count). The summed E-state index contributed by atoms with van der Waals surface area (Å²) in [7, 11) is 1.84. The molecule has 0 radical (unpaired) electrons. The third kappa shape index (κ3) is 4.74. The molecule has 3 amide bonds. The van der Waals surface area contributed by atoms with E-state index in [1.807, 2.05) is 14.0 Å². The molecule has 3 fully saturated rings. The average Bonchev–Trinajstić information content (AvgIpc) is 3.25. The van der Waals surface area contributed by atoms with Crippen molar-refractivity contribution < 1.29 is 9.59 Å². The largest absolute Gasteiger partial charge is 0.356 e. The Morgan fingerprint density at radius 2 is 1.82 bits per heavy atom. The third-order valence-corrected chi connectivity index (χ3v) is 7.06. The molecule has 3 N–H and O–H groups in total. The van der Waals surface area contributed by atoms with Crippen LogP contribution in [0.25, 0.3) is 0 Å². The molecule has 1 unspecified atom stereocenters. The third-order valence-electron chi connectivity index (χ3n) is 7.06. The number of nitrogens with one attached hydrogen (secondary N) is 3. The Morgan fingerprint density at radius 1 is 1.21 bits per heavy atom. The lowest BCUT2D eigenvalue weighted by atomic mass is 9.77. The van der Waals surface area contributed by atoms with Gasteiger partial charge in [-0.25, -0.2) is 4.79 Å². The first-order chi connectivity index (χ1) is 12.8. The van der Waals surface area contributed by atoms with Crippen LogP contribution in [0, 0.1) is 17.3 Å². The molecule has 28 heavy (non-hydrogen) atoms. The monoisotopic (exact) mass is 505 g/mol. The Balaban J connectivity index is 0.00000280. The standard InChI is InChI=1S/C20H35N5O2.HI/c1-19(2,14-7-5-6-8-14)13-22-17(21-4)25-11-9-15(10-12-25)20(3)16(26)23-18(27)24-20;/h14-15H,5-13H2,1-4H3,(H,21,22)(H2,23,24,26,27);1H. The van der Waals surface area contributed by atoms with Crippen molar-refractivity contribution >= 4 is 41.9 Å². The number of guanidine groups is 1. The summed E-state index contributed by atoms with van der Waals surface area (Å²) in [5, 5.41) is 8.79. The van der Waals surface area contributed by atoms with Crippen LogP contribution in [-0.4, -0.2) is 55.0 Å². The Bertz CT molecular complexity index is 610. The molecule has 0 aromatic heterocycles. The van der Waals surface area contributed by atoms with E-state index in [0.717, 1.165) is 44.4 Å². The zero-order chi connectivity index (χ0) is 19.7. The molecule has 1 aliphatic carbocycles. The lowest BCUT2D eigenvalue weighted by Gasteiger charge is -2.40. The predicted octanol–water partition coefficient (Wildman–Crippen LogP) is 2.71. The lowest BCUT2D eigenvalue weighted by Crippen LogP contribution is -2.56. The van der Waals surface area contributed by atoms with Crippen LogP contribution in [0.3, 0.4) is 0 Å². The topological polar surface area (TPSA) is 85.8 Å². The molecular weight excluding hydrogens is 469 g/mol. The number of halogens is 1. The number of hydrogen-bond donors (Lipinski definition) is 3. The van der Waals surface area contributed by atoms with Crippen LogP contribution in [-0.2, 0) is 4.79 Å². The van der Waals surface area contributed by atoms with Gasteiger partial charge in [0.1, 0.15) is 5.54 Å². The fourth-order valence-corrected chi connectivity index (χ4v) is 5.00. The van der Waals surface area contributed by atoms with Crippen LogP contribution in [0.1, 0.15) is 59.3 Å². The Hall–Kier alpha value is -1.06. The summed E-state index contributed by atoms with van der Waals surface area (Å²) in [6.07, 6.45) is 7.11. The number of urea groups is 1. The fourth-order valence-electron chi connectivity index (χ4n) is 5.00. The normalized spacial score (nSPS) is 27.4. The maximum atomic E-state index is 12.2. The van der Waals surface area contributed by atoms with Crippen molar-refractivity contribution in [1.82, 2.24) is 20.9 Å². The van der Waals surface area contributed by atoms with E-state index in [9.17, 15) is 9.59 Å².